The maximum Gasteiger partial charge on any atom is 0.357 e. The zero-order chi connectivity index (χ0) is 28.9. The summed E-state index contributed by atoms with van der Waals surface area (Å²) >= 11 is 0. The molecule has 1 saturated heterocycles. The van der Waals surface area contributed by atoms with Crippen LogP contribution in [0.4, 0.5) is 10.1 Å². The first-order valence-electron chi connectivity index (χ1n) is 14.5. The summed E-state index contributed by atoms with van der Waals surface area (Å²) in [7, 11) is 0. The van der Waals surface area contributed by atoms with Gasteiger partial charge >= 0.3 is 5.97 Å². The van der Waals surface area contributed by atoms with Gasteiger partial charge in [-0.2, -0.15) is 0 Å². The van der Waals surface area contributed by atoms with Crippen molar-refractivity contribution in [1.82, 2.24) is 9.47 Å². The molecule has 9 heteroatoms. The maximum absolute atomic E-state index is 14.0. The van der Waals surface area contributed by atoms with E-state index in [0.29, 0.717) is 37.2 Å². The van der Waals surface area contributed by atoms with Gasteiger partial charge in [-0.25, -0.2) is 9.18 Å². The van der Waals surface area contributed by atoms with Crippen LogP contribution in [0, 0.1) is 11.8 Å². The summed E-state index contributed by atoms with van der Waals surface area (Å²) in [4.78, 5) is 41.9. The van der Waals surface area contributed by atoms with Gasteiger partial charge in [-0.3, -0.25) is 14.2 Å². The fraction of sp³-hybridized carbons (Fsp3) is 0.469. The molecule has 2 aliphatic heterocycles. The number of rotatable bonds is 6. The first-order chi connectivity index (χ1) is 19.7. The topological polar surface area (TPSA) is 107 Å². The molecule has 1 aromatic heterocycles. The summed E-state index contributed by atoms with van der Waals surface area (Å²) in [5.41, 5.74) is 8.10. The van der Waals surface area contributed by atoms with Gasteiger partial charge in [0.15, 0.2) is 5.72 Å². The molecule has 3 heterocycles. The van der Waals surface area contributed by atoms with Crippen LogP contribution in [0.1, 0.15) is 67.9 Å². The maximum atomic E-state index is 14.0. The number of aromatic nitrogens is 1. The zero-order valence-corrected chi connectivity index (χ0v) is 23.5. The van der Waals surface area contributed by atoms with Gasteiger partial charge in [-0.05, 0) is 81.7 Å². The number of fused-ring (bicyclic) bond motifs is 3. The second kappa shape index (κ2) is 10.6. The number of carbonyl (C=O) groups is 3. The molecule has 0 radical (unpaired) electrons. The van der Waals surface area contributed by atoms with Gasteiger partial charge in [0.1, 0.15) is 18.4 Å². The molecular formula is C32H37FN4O4. The van der Waals surface area contributed by atoms with Gasteiger partial charge in [0.05, 0.1) is 5.52 Å². The molecule has 1 saturated carbocycles. The fourth-order valence-corrected chi connectivity index (χ4v) is 7.13. The Labute approximate surface area is 239 Å². The number of amides is 2. The molecule has 0 bridgehead atoms. The monoisotopic (exact) mass is 560 g/mol. The lowest BCUT2D eigenvalue weighted by Gasteiger charge is -2.35. The molecule has 8 nitrogen and oxygen atoms in total. The van der Waals surface area contributed by atoms with Crippen molar-refractivity contribution in [3.63, 3.8) is 0 Å². The third-order valence-electron chi connectivity index (χ3n) is 9.24. The number of benzene rings is 2. The van der Waals surface area contributed by atoms with Crippen molar-refractivity contribution >= 4 is 34.4 Å². The Morgan fingerprint density at radius 1 is 1.07 bits per heavy atom. The van der Waals surface area contributed by atoms with Crippen LogP contribution in [-0.4, -0.2) is 52.6 Å². The SMILES string of the molecule is CC1(C)OC(=O)c2cc3cc(NC(=O)[C@@H]4[C@@H](c5ccccc5)CCN4C(=O)[C@H]4CC[C@H](C(N)CF)CC4)ccc3n21. The minimum Gasteiger partial charge on any atom is -0.434 e. The van der Waals surface area contributed by atoms with Crippen molar-refractivity contribution in [3.8, 4) is 0 Å². The van der Waals surface area contributed by atoms with E-state index < -0.39 is 24.5 Å². The van der Waals surface area contributed by atoms with Crippen LogP contribution in [-0.2, 0) is 20.1 Å². The number of nitrogens with two attached hydrogens (primary N) is 1. The molecule has 2 aromatic carbocycles. The normalized spacial score (nSPS) is 26.0. The summed E-state index contributed by atoms with van der Waals surface area (Å²) < 4.78 is 20.5. The van der Waals surface area contributed by atoms with Gasteiger partial charge in [-0.1, -0.05) is 30.3 Å². The number of carbonyl (C=O) groups excluding carboxylic acids is 3. The van der Waals surface area contributed by atoms with Crippen molar-refractivity contribution in [3.05, 3.63) is 65.9 Å². The highest BCUT2D eigenvalue weighted by Crippen LogP contribution is 2.39. The highest BCUT2D eigenvalue weighted by atomic mass is 19.1. The van der Waals surface area contributed by atoms with E-state index in [0.717, 1.165) is 29.3 Å². The molecule has 3 N–H and O–H groups in total. The lowest BCUT2D eigenvalue weighted by Crippen LogP contribution is -2.48. The summed E-state index contributed by atoms with van der Waals surface area (Å²) in [6, 6.07) is 16.1. The van der Waals surface area contributed by atoms with E-state index in [1.165, 1.54) is 0 Å². The summed E-state index contributed by atoms with van der Waals surface area (Å²) in [5, 5.41) is 3.90. The third kappa shape index (κ3) is 4.90. The van der Waals surface area contributed by atoms with E-state index in [2.05, 4.69) is 5.32 Å². The number of likely N-dealkylation sites (tertiary alicyclic amines) is 1. The Morgan fingerprint density at radius 2 is 1.80 bits per heavy atom. The number of hydrogen-bond donors (Lipinski definition) is 2. The summed E-state index contributed by atoms with van der Waals surface area (Å²) in [5.74, 6) is -0.833. The largest absolute Gasteiger partial charge is 0.434 e. The van der Waals surface area contributed by atoms with Crippen molar-refractivity contribution < 1.29 is 23.5 Å². The molecule has 0 spiro atoms. The van der Waals surface area contributed by atoms with Crippen LogP contribution in [0.5, 0.6) is 0 Å². The van der Waals surface area contributed by atoms with Gasteiger partial charge in [0, 0.05) is 35.5 Å². The fourth-order valence-electron chi connectivity index (χ4n) is 7.13. The number of hydrogen-bond acceptors (Lipinski definition) is 5. The molecule has 1 unspecified atom stereocenters. The predicted octanol–water partition coefficient (Wildman–Crippen LogP) is 4.93. The van der Waals surface area contributed by atoms with E-state index >= 15 is 0 Å². The number of cyclic esters (lactones) is 1. The van der Waals surface area contributed by atoms with E-state index in [-0.39, 0.29) is 35.5 Å². The van der Waals surface area contributed by atoms with Crippen LogP contribution in [0.2, 0.25) is 0 Å². The number of halogens is 1. The van der Waals surface area contributed by atoms with E-state index in [4.69, 9.17) is 10.5 Å². The average molecular weight is 561 g/mol. The van der Waals surface area contributed by atoms with Gasteiger partial charge in [0.25, 0.3) is 0 Å². The summed E-state index contributed by atoms with van der Waals surface area (Å²) in [6.07, 6.45) is 3.46. The smallest absolute Gasteiger partial charge is 0.357 e. The van der Waals surface area contributed by atoms with Crippen LogP contribution in [0.15, 0.2) is 54.6 Å². The third-order valence-corrected chi connectivity index (χ3v) is 9.24. The van der Waals surface area contributed by atoms with Crippen molar-refractivity contribution in [1.29, 1.82) is 0 Å². The molecule has 3 aliphatic rings. The molecule has 216 valence electrons. The molecule has 3 atom stereocenters. The van der Waals surface area contributed by atoms with Crippen molar-refractivity contribution in [2.24, 2.45) is 17.6 Å². The Hall–Kier alpha value is -3.72. The lowest BCUT2D eigenvalue weighted by molar-refractivity contribution is -0.141. The molecule has 6 rings (SSSR count). The van der Waals surface area contributed by atoms with Crippen LogP contribution in [0.3, 0.4) is 0 Å². The highest BCUT2D eigenvalue weighted by molar-refractivity contribution is 6.02. The standard InChI is InChI=1S/C32H37FN4O4/c1-32(2)37-26-13-12-23(16-22(26)17-27(37)31(40)41-32)35-29(38)28-24(19-6-4-3-5-7-19)14-15-36(28)30(39)21-10-8-20(9-11-21)25(34)18-33/h3-7,12-13,16-17,20-21,24-25,28H,8-11,14-15,18,34H2,1-2H3,(H,35,38)/t20-,21-,24-,25?,28+/m1/s1. The number of nitrogens with zero attached hydrogens (tertiary/aromatic N) is 2. The quantitative estimate of drug-likeness (QED) is 0.416. The number of ether oxygens (including phenoxy) is 1. The minimum absolute atomic E-state index is 0.00379. The Kier molecular flexibility index (Phi) is 7.09. The van der Waals surface area contributed by atoms with E-state index in [1.807, 2.05) is 66.9 Å². The van der Waals surface area contributed by atoms with Gasteiger partial charge < -0.3 is 20.7 Å². The average Bonchev–Trinajstić information content (AvgIpc) is 3.65. The second-order valence-electron chi connectivity index (χ2n) is 12.2. The lowest BCUT2D eigenvalue weighted by atomic mass is 9.78. The highest BCUT2D eigenvalue weighted by Gasteiger charge is 2.45. The Morgan fingerprint density at radius 3 is 2.51 bits per heavy atom. The molecule has 41 heavy (non-hydrogen) atoms. The number of alkyl halides is 1. The number of nitrogens with one attached hydrogen (secondary N) is 1. The summed E-state index contributed by atoms with van der Waals surface area (Å²) in [6.45, 7) is 3.64. The Bertz CT molecular complexity index is 1480. The molecule has 1 aliphatic carbocycles. The predicted molar refractivity (Wildman–Crippen MR) is 154 cm³/mol. The first kappa shape index (κ1) is 27.4. The minimum atomic E-state index is -0.789. The number of esters is 1. The Balaban J connectivity index is 1.25. The van der Waals surface area contributed by atoms with Crippen molar-refractivity contribution in [2.45, 2.75) is 69.7 Å². The van der Waals surface area contributed by atoms with Gasteiger partial charge in [-0.15, -0.1) is 0 Å². The molecular weight excluding hydrogens is 523 g/mol. The molecule has 2 amide bonds. The van der Waals surface area contributed by atoms with Crippen LogP contribution in [0.25, 0.3) is 10.9 Å². The zero-order valence-electron chi connectivity index (χ0n) is 23.5. The van der Waals surface area contributed by atoms with E-state index in [9.17, 15) is 18.8 Å². The van der Waals surface area contributed by atoms with Crippen LogP contribution >= 0.6 is 0 Å². The van der Waals surface area contributed by atoms with Crippen LogP contribution < -0.4 is 11.1 Å². The van der Waals surface area contributed by atoms with Crippen molar-refractivity contribution in [2.75, 3.05) is 18.5 Å². The second-order valence-corrected chi connectivity index (χ2v) is 12.2. The first-order valence-corrected chi connectivity index (χ1v) is 14.5. The molecule has 2 fully saturated rings. The van der Waals surface area contributed by atoms with Gasteiger partial charge in [0.2, 0.25) is 11.8 Å². The number of anilines is 1. The molecule has 3 aromatic rings. The van der Waals surface area contributed by atoms with E-state index in [1.54, 1.807) is 11.0 Å².